The lowest BCUT2D eigenvalue weighted by Crippen LogP contribution is -2.23. The maximum Gasteiger partial charge on any atom is 0.261 e. The first-order valence-corrected chi connectivity index (χ1v) is 9.82. The van der Waals surface area contributed by atoms with Crippen LogP contribution in [-0.4, -0.2) is 41.1 Å². The van der Waals surface area contributed by atoms with Crippen LogP contribution in [0.15, 0.2) is 48.7 Å². The number of hydrogen-bond donors (Lipinski definition) is 2. The molecule has 0 atom stereocenters. The fraction of sp³-hybridized carbons (Fsp3) is 0.273. The second-order valence-electron chi connectivity index (χ2n) is 6.55. The van der Waals surface area contributed by atoms with Crippen LogP contribution in [0, 0.1) is 6.92 Å². The average Bonchev–Trinajstić information content (AvgIpc) is 2.75. The first-order valence-electron chi connectivity index (χ1n) is 9.82. The summed E-state index contributed by atoms with van der Waals surface area (Å²) in [6, 6.07) is 12.7. The Morgan fingerprint density at radius 1 is 1.07 bits per heavy atom. The minimum atomic E-state index is -0.282. The number of anilines is 4. The molecule has 0 fully saturated rings. The van der Waals surface area contributed by atoms with Gasteiger partial charge in [-0.2, -0.15) is 0 Å². The third-order valence-corrected chi connectivity index (χ3v) is 4.54. The van der Waals surface area contributed by atoms with E-state index >= 15 is 0 Å². The lowest BCUT2D eigenvalue weighted by molar-refractivity contribution is 0.102. The van der Waals surface area contributed by atoms with Gasteiger partial charge in [-0.1, -0.05) is 0 Å². The molecule has 0 saturated heterocycles. The van der Waals surface area contributed by atoms with E-state index in [1.54, 1.807) is 18.3 Å². The molecule has 0 radical (unpaired) electrons. The predicted molar refractivity (Wildman–Crippen MR) is 119 cm³/mol. The monoisotopic (exact) mass is 406 g/mol. The van der Waals surface area contributed by atoms with E-state index in [0.29, 0.717) is 17.1 Å². The minimum absolute atomic E-state index is 0.282. The Morgan fingerprint density at radius 2 is 1.77 bits per heavy atom. The van der Waals surface area contributed by atoms with Crippen LogP contribution in [0.25, 0.3) is 0 Å². The van der Waals surface area contributed by atoms with Crippen molar-refractivity contribution < 1.29 is 9.53 Å². The normalized spacial score (nSPS) is 10.4. The summed E-state index contributed by atoms with van der Waals surface area (Å²) < 4.78 is 5.14. The number of hydrogen-bond acceptors (Lipinski definition) is 7. The lowest BCUT2D eigenvalue weighted by atomic mass is 10.2. The molecule has 0 aliphatic heterocycles. The molecule has 8 heteroatoms. The summed E-state index contributed by atoms with van der Waals surface area (Å²) in [6.45, 7) is 7.83. The number of nitrogens with one attached hydrogen (secondary N) is 2. The molecular formula is C22H26N6O2. The van der Waals surface area contributed by atoms with Gasteiger partial charge in [-0.15, -0.1) is 0 Å². The largest absolute Gasteiger partial charge is 0.480 e. The SMILES string of the molecule is CCN(CC)c1cc(Nc2ccc(NC(=O)c3cccnc3OC)cc2)nc(C)n1. The smallest absolute Gasteiger partial charge is 0.261 e. The Balaban J connectivity index is 1.71. The van der Waals surface area contributed by atoms with Crippen molar-refractivity contribution in [3.8, 4) is 5.88 Å². The number of aryl methyl sites for hydroxylation is 1. The van der Waals surface area contributed by atoms with Crippen LogP contribution in [0.5, 0.6) is 5.88 Å². The standard InChI is InChI=1S/C22H26N6O2/c1-5-28(6-2)20-14-19(24-15(3)25-20)26-16-9-11-17(12-10-16)27-21(29)18-8-7-13-23-22(18)30-4/h7-14H,5-6H2,1-4H3,(H,27,29)(H,24,25,26). The number of aromatic nitrogens is 3. The average molecular weight is 406 g/mol. The van der Waals surface area contributed by atoms with Crippen molar-refractivity contribution in [1.29, 1.82) is 0 Å². The van der Waals surface area contributed by atoms with Gasteiger partial charge in [-0.25, -0.2) is 15.0 Å². The molecule has 2 aromatic heterocycles. The number of nitrogens with zero attached hydrogens (tertiary/aromatic N) is 4. The van der Waals surface area contributed by atoms with Gasteiger partial charge in [0.25, 0.3) is 5.91 Å². The number of amides is 1. The summed E-state index contributed by atoms with van der Waals surface area (Å²) in [4.78, 5) is 27.7. The molecule has 1 amide bonds. The second-order valence-corrected chi connectivity index (χ2v) is 6.55. The molecule has 156 valence electrons. The fourth-order valence-electron chi connectivity index (χ4n) is 3.04. The van der Waals surface area contributed by atoms with Crippen LogP contribution in [0.2, 0.25) is 0 Å². The molecule has 2 N–H and O–H groups in total. The topological polar surface area (TPSA) is 92.3 Å². The number of methoxy groups -OCH3 is 1. The second kappa shape index (κ2) is 9.69. The summed E-state index contributed by atoms with van der Waals surface area (Å²) in [5, 5.41) is 6.15. The molecule has 0 aliphatic carbocycles. The molecule has 30 heavy (non-hydrogen) atoms. The van der Waals surface area contributed by atoms with E-state index in [1.165, 1.54) is 7.11 Å². The van der Waals surface area contributed by atoms with E-state index in [-0.39, 0.29) is 11.8 Å². The van der Waals surface area contributed by atoms with Crippen LogP contribution in [-0.2, 0) is 0 Å². The summed E-state index contributed by atoms with van der Waals surface area (Å²) >= 11 is 0. The minimum Gasteiger partial charge on any atom is -0.480 e. The molecule has 1 aromatic carbocycles. The maximum atomic E-state index is 12.5. The number of ether oxygens (including phenoxy) is 1. The van der Waals surface area contributed by atoms with Gasteiger partial charge in [0.05, 0.1) is 7.11 Å². The Morgan fingerprint density at radius 3 is 2.43 bits per heavy atom. The van der Waals surface area contributed by atoms with Crippen molar-refractivity contribution >= 4 is 28.9 Å². The van der Waals surface area contributed by atoms with Crippen LogP contribution < -0.4 is 20.3 Å². The van der Waals surface area contributed by atoms with Crippen molar-refractivity contribution in [3.05, 3.63) is 60.0 Å². The molecule has 0 unspecified atom stereocenters. The highest BCUT2D eigenvalue weighted by molar-refractivity contribution is 6.05. The maximum absolute atomic E-state index is 12.5. The van der Waals surface area contributed by atoms with Gasteiger partial charge in [0, 0.05) is 36.7 Å². The van der Waals surface area contributed by atoms with E-state index in [2.05, 4.69) is 44.3 Å². The molecule has 0 bridgehead atoms. The van der Waals surface area contributed by atoms with Crippen LogP contribution >= 0.6 is 0 Å². The number of carbonyl (C=O) groups is 1. The summed E-state index contributed by atoms with van der Waals surface area (Å²) in [5.74, 6) is 2.33. The molecule has 0 aliphatic rings. The van der Waals surface area contributed by atoms with E-state index in [9.17, 15) is 4.79 Å². The summed E-state index contributed by atoms with van der Waals surface area (Å²) in [5.41, 5.74) is 1.90. The number of pyridine rings is 1. The molecule has 0 saturated carbocycles. The number of rotatable bonds is 8. The van der Waals surface area contributed by atoms with Gasteiger partial charge in [0.2, 0.25) is 5.88 Å². The Hall–Kier alpha value is -3.68. The van der Waals surface area contributed by atoms with Crippen molar-refractivity contribution in [2.24, 2.45) is 0 Å². The number of benzene rings is 1. The van der Waals surface area contributed by atoms with E-state index < -0.39 is 0 Å². The van der Waals surface area contributed by atoms with Gasteiger partial charge in [0.1, 0.15) is 23.0 Å². The quantitative estimate of drug-likeness (QED) is 0.583. The van der Waals surface area contributed by atoms with E-state index in [4.69, 9.17) is 4.74 Å². The Labute approximate surface area is 176 Å². The zero-order valence-electron chi connectivity index (χ0n) is 17.6. The molecule has 2 heterocycles. The molecule has 3 rings (SSSR count). The molecule has 0 spiro atoms. The predicted octanol–water partition coefficient (Wildman–Crippen LogP) is 4.03. The first kappa shape index (κ1) is 21.0. The van der Waals surface area contributed by atoms with Crippen LogP contribution in [0.1, 0.15) is 30.0 Å². The third-order valence-electron chi connectivity index (χ3n) is 4.54. The summed E-state index contributed by atoms with van der Waals surface area (Å²) in [6.07, 6.45) is 1.58. The van der Waals surface area contributed by atoms with Crippen molar-refractivity contribution in [1.82, 2.24) is 15.0 Å². The van der Waals surface area contributed by atoms with Gasteiger partial charge in [-0.3, -0.25) is 4.79 Å². The Bertz CT molecular complexity index is 1000. The highest BCUT2D eigenvalue weighted by Gasteiger charge is 2.13. The van der Waals surface area contributed by atoms with Crippen molar-refractivity contribution in [2.45, 2.75) is 20.8 Å². The molecule has 8 nitrogen and oxygen atoms in total. The highest BCUT2D eigenvalue weighted by Crippen LogP contribution is 2.22. The third kappa shape index (κ3) is 5.02. The molecule has 3 aromatic rings. The van der Waals surface area contributed by atoms with Gasteiger partial charge in [0.15, 0.2) is 0 Å². The zero-order chi connectivity index (χ0) is 21.5. The highest BCUT2D eigenvalue weighted by atomic mass is 16.5. The summed E-state index contributed by atoms with van der Waals surface area (Å²) in [7, 11) is 1.49. The van der Waals surface area contributed by atoms with Crippen LogP contribution in [0.4, 0.5) is 23.0 Å². The van der Waals surface area contributed by atoms with Gasteiger partial charge in [-0.05, 0) is 57.2 Å². The first-order chi connectivity index (χ1) is 14.5. The fourth-order valence-corrected chi connectivity index (χ4v) is 3.04. The van der Waals surface area contributed by atoms with Crippen molar-refractivity contribution in [3.63, 3.8) is 0 Å². The van der Waals surface area contributed by atoms with Crippen LogP contribution in [0.3, 0.4) is 0 Å². The van der Waals surface area contributed by atoms with Gasteiger partial charge >= 0.3 is 0 Å². The Kier molecular flexibility index (Phi) is 6.79. The molecular weight excluding hydrogens is 380 g/mol. The zero-order valence-corrected chi connectivity index (χ0v) is 17.6. The number of carbonyl (C=O) groups excluding carboxylic acids is 1. The van der Waals surface area contributed by atoms with E-state index in [1.807, 2.05) is 37.3 Å². The van der Waals surface area contributed by atoms with Crippen molar-refractivity contribution in [2.75, 3.05) is 35.7 Å². The van der Waals surface area contributed by atoms with Gasteiger partial charge < -0.3 is 20.3 Å². The van der Waals surface area contributed by atoms with E-state index in [0.717, 1.165) is 30.4 Å². The lowest BCUT2D eigenvalue weighted by Gasteiger charge is -2.20.